The second-order valence-electron chi connectivity index (χ2n) is 17.8. The summed E-state index contributed by atoms with van der Waals surface area (Å²) in [5.41, 5.74) is 3.84. The Kier molecular flexibility index (Phi) is 10.2. The lowest BCUT2D eigenvalue weighted by molar-refractivity contribution is -0.181. The number of piperidine rings is 1. The summed E-state index contributed by atoms with van der Waals surface area (Å²) in [7, 11) is 0. The van der Waals surface area contributed by atoms with Crippen LogP contribution < -0.4 is 5.32 Å². The molecular weight excluding hydrogens is 614 g/mol. The molecule has 1 saturated heterocycles. The first kappa shape index (κ1) is 36.5. The molecule has 0 aromatic heterocycles. The number of nitrogens with one attached hydrogen (secondary N) is 1. The van der Waals surface area contributed by atoms with Crippen molar-refractivity contribution in [1.29, 1.82) is 0 Å². The van der Waals surface area contributed by atoms with Gasteiger partial charge < -0.3 is 10.2 Å². The Labute approximate surface area is 294 Å². The highest BCUT2D eigenvalue weighted by Gasteiger charge is 2.66. The number of likely N-dealkylation sites (tertiary alicyclic amines) is 1. The number of nitrogens with zero attached hydrogens (tertiary/aromatic N) is 1. The second-order valence-corrected chi connectivity index (χ2v) is 17.8. The minimum absolute atomic E-state index is 0.0637. The van der Waals surface area contributed by atoms with Gasteiger partial charge in [-0.25, -0.2) is 8.78 Å². The number of hydrogen-bond donors (Lipinski definition) is 1. The molecule has 0 bridgehead atoms. The predicted molar refractivity (Wildman–Crippen MR) is 195 cm³/mol. The van der Waals surface area contributed by atoms with E-state index >= 15 is 0 Å². The van der Waals surface area contributed by atoms with Crippen molar-refractivity contribution in [2.75, 3.05) is 26.2 Å². The van der Waals surface area contributed by atoms with Crippen molar-refractivity contribution in [2.24, 2.45) is 51.2 Å². The fraction of sp³-hybridized carbons (Fsp3) is 0.721. The van der Waals surface area contributed by atoms with E-state index in [1.807, 2.05) is 19.1 Å². The third-order valence-electron chi connectivity index (χ3n) is 15.2. The Morgan fingerprint density at radius 2 is 1.59 bits per heavy atom. The molecule has 6 aliphatic rings. The zero-order valence-corrected chi connectivity index (χ0v) is 31.0. The van der Waals surface area contributed by atoms with Crippen molar-refractivity contribution in [1.82, 2.24) is 10.2 Å². The number of aldehydes is 1. The number of halogens is 2. The number of rotatable bonds is 6. The van der Waals surface area contributed by atoms with Crippen LogP contribution in [-0.2, 0) is 4.79 Å². The number of alkyl halides is 2. The van der Waals surface area contributed by atoms with Crippen molar-refractivity contribution in [3.05, 3.63) is 54.1 Å². The SMILES string of the molecule is C=CC.CC1(C)C(c2ccc(C=O)cc2)=CCC2(C)C1CCC1(C)C3CCC4(C(=O)NCCN5CCC(F)(F)CC5)CCCC4C3CCC12. The molecule has 0 radical (unpaired) electrons. The van der Waals surface area contributed by atoms with E-state index in [2.05, 4.69) is 62.7 Å². The number of benzene rings is 1. The van der Waals surface area contributed by atoms with Gasteiger partial charge >= 0.3 is 0 Å². The lowest BCUT2D eigenvalue weighted by atomic mass is 9.36. The van der Waals surface area contributed by atoms with Crippen molar-refractivity contribution >= 4 is 17.8 Å². The highest BCUT2D eigenvalue weighted by molar-refractivity contribution is 5.83. The molecule has 5 fully saturated rings. The number of carbonyl (C=O) groups excluding carboxylic acids is 2. The summed E-state index contributed by atoms with van der Waals surface area (Å²) in [4.78, 5) is 27.4. The molecule has 7 rings (SSSR count). The largest absolute Gasteiger partial charge is 0.354 e. The molecule has 8 unspecified atom stereocenters. The third-order valence-corrected chi connectivity index (χ3v) is 15.2. The van der Waals surface area contributed by atoms with Gasteiger partial charge in [0, 0.05) is 44.6 Å². The predicted octanol–water partition coefficient (Wildman–Crippen LogP) is 10.00. The highest BCUT2D eigenvalue weighted by Crippen LogP contribution is 2.73. The zero-order chi connectivity index (χ0) is 35.2. The van der Waals surface area contributed by atoms with Crippen LogP contribution in [0.25, 0.3) is 5.57 Å². The minimum atomic E-state index is -2.53. The Morgan fingerprint density at radius 3 is 2.27 bits per heavy atom. The number of allylic oxidation sites excluding steroid dienone is 3. The normalized spacial score (nSPS) is 39.0. The summed E-state index contributed by atoms with van der Waals surface area (Å²) in [5, 5.41) is 3.33. The molecule has 4 saturated carbocycles. The molecule has 5 aliphatic carbocycles. The van der Waals surface area contributed by atoms with E-state index in [4.69, 9.17) is 0 Å². The van der Waals surface area contributed by atoms with Gasteiger partial charge in [0.1, 0.15) is 6.29 Å². The number of hydrogen-bond acceptors (Lipinski definition) is 3. The van der Waals surface area contributed by atoms with Gasteiger partial charge in [0.2, 0.25) is 5.91 Å². The molecule has 1 amide bonds. The Morgan fingerprint density at radius 1 is 0.898 bits per heavy atom. The smallest absolute Gasteiger partial charge is 0.250 e. The molecule has 6 heteroatoms. The molecule has 1 aromatic carbocycles. The standard InChI is InChI=1S/C40H56F2N2O2.C3H6/c1-36(2)30(28-9-7-27(26-45)8-10-28)13-17-38(4)33(36)15-18-37(3)31-14-19-39(16-5-6-32(39)29(31)11-12-34(37)38)35(46)43-22-25-44-23-20-40(41,42)21-24-44;1-3-2/h7-10,13,26,29,31-34H,5-6,11-12,14-25H2,1-4H3,(H,43,46);3H,1H2,2H3. The maximum absolute atomic E-state index is 14.0. The van der Waals surface area contributed by atoms with Crippen LogP contribution >= 0.6 is 0 Å². The lowest BCUT2D eigenvalue weighted by Crippen LogP contribution is -2.62. The maximum atomic E-state index is 14.0. The van der Waals surface area contributed by atoms with Gasteiger partial charge in [0.05, 0.1) is 5.41 Å². The summed E-state index contributed by atoms with van der Waals surface area (Å²) >= 11 is 0. The van der Waals surface area contributed by atoms with Gasteiger partial charge in [0.15, 0.2) is 0 Å². The first-order valence-electron chi connectivity index (χ1n) is 19.5. The Bertz CT molecular complexity index is 1410. The topological polar surface area (TPSA) is 49.4 Å². The van der Waals surface area contributed by atoms with Crippen LogP contribution in [0.3, 0.4) is 0 Å². The number of carbonyl (C=O) groups is 2. The van der Waals surface area contributed by atoms with Crippen LogP contribution in [0.2, 0.25) is 0 Å². The minimum Gasteiger partial charge on any atom is -0.354 e. The maximum Gasteiger partial charge on any atom is 0.250 e. The van der Waals surface area contributed by atoms with Crippen LogP contribution in [0, 0.1) is 51.2 Å². The molecule has 0 spiro atoms. The highest BCUT2D eigenvalue weighted by atomic mass is 19.3. The third kappa shape index (κ3) is 6.29. The van der Waals surface area contributed by atoms with Crippen LogP contribution in [-0.4, -0.2) is 49.2 Å². The molecule has 4 nitrogen and oxygen atoms in total. The van der Waals surface area contributed by atoms with Crippen molar-refractivity contribution in [3.63, 3.8) is 0 Å². The van der Waals surface area contributed by atoms with E-state index in [1.165, 1.54) is 43.2 Å². The van der Waals surface area contributed by atoms with E-state index in [1.54, 1.807) is 6.08 Å². The van der Waals surface area contributed by atoms with E-state index in [0.29, 0.717) is 61.2 Å². The van der Waals surface area contributed by atoms with Gasteiger partial charge in [-0.15, -0.1) is 6.58 Å². The summed E-state index contributed by atoms with van der Waals surface area (Å²) in [6.45, 7) is 17.5. The summed E-state index contributed by atoms with van der Waals surface area (Å²) in [6.07, 6.45) is 16.8. The molecule has 1 aliphatic heterocycles. The van der Waals surface area contributed by atoms with E-state index < -0.39 is 5.92 Å². The average molecular weight is 677 g/mol. The van der Waals surface area contributed by atoms with Crippen LogP contribution in [0.1, 0.15) is 128 Å². The van der Waals surface area contributed by atoms with Gasteiger partial charge in [-0.2, -0.15) is 0 Å². The van der Waals surface area contributed by atoms with Crippen LogP contribution in [0.15, 0.2) is 43.0 Å². The van der Waals surface area contributed by atoms with E-state index in [9.17, 15) is 18.4 Å². The quantitative estimate of drug-likeness (QED) is 0.241. The summed E-state index contributed by atoms with van der Waals surface area (Å²) in [6, 6.07) is 8.19. The molecule has 8 atom stereocenters. The molecule has 1 aromatic rings. The van der Waals surface area contributed by atoms with Crippen molar-refractivity contribution in [3.8, 4) is 0 Å². The van der Waals surface area contributed by atoms with Gasteiger partial charge in [-0.3, -0.25) is 9.59 Å². The first-order valence-corrected chi connectivity index (χ1v) is 19.5. The fourth-order valence-corrected chi connectivity index (χ4v) is 13.1. The average Bonchev–Trinajstić information content (AvgIpc) is 3.52. The summed E-state index contributed by atoms with van der Waals surface area (Å²) < 4.78 is 27.2. The van der Waals surface area contributed by atoms with Gasteiger partial charge in [-0.1, -0.05) is 70.5 Å². The Hall–Kier alpha value is -2.34. The van der Waals surface area contributed by atoms with E-state index in [-0.39, 0.29) is 35.0 Å². The van der Waals surface area contributed by atoms with Gasteiger partial charge in [0.25, 0.3) is 5.92 Å². The zero-order valence-electron chi connectivity index (χ0n) is 31.0. The molecule has 270 valence electrons. The Balaban J connectivity index is 0.00000134. The van der Waals surface area contributed by atoms with E-state index in [0.717, 1.165) is 44.0 Å². The number of fused-ring (bicyclic) bond motifs is 7. The lowest BCUT2D eigenvalue weighted by Gasteiger charge is -2.68. The molecule has 1 N–H and O–H groups in total. The molecular formula is C43H62F2N2O2. The molecule has 1 heterocycles. The summed E-state index contributed by atoms with van der Waals surface area (Å²) in [5.74, 6) is 0.831. The first-order chi connectivity index (χ1) is 23.3. The fourth-order valence-electron chi connectivity index (χ4n) is 13.1. The van der Waals surface area contributed by atoms with Crippen LogP contribution in [0.4, 0.5) is 8.78 Å². The number of amides is 1. The second kappa shape index (κ2) is 13.7. The molecule has 49 heavy (non-hydrogen) atoms. The van der Waals surface area contributed by atoms with Gasteiger partial charge in [-0.05, 0) is 122 Å². The van der Waals surface area contributed by atoms with Crippen LogP contribution in [0.5, 0.6) is 0 Å². The van der Waals surface area contributed by atoms with Crippen molar-refractivity contribution in [2.45, 2.75) is 118 Å². The monoisotopic (exact) mass is 676 g/mol. The van der Waals surface area contributed by atoms with Crippen molar-refractivity contribution < 1.29 is 18.4 Å².